The number of fused-ring (bicyclic) bond motifs is 1. The number of hydrogen-bond acceptors (Lipinski definition) is 4. The lowest BCUT2D eigenvalue weighted by Crippen LogP contribution is -2.28. The highest BCUT2D eigenvalue weighted by atomic mass is 16.5. The molecule has 0 atom stereocenters. The highest BCUT2D eigenvalue weighted by Gasteiger charge is 2.10. The van der Waals surface area contributed by atoms with Gasteiger partial charge in [0, 0.05) is 12.1 Å². The maximum atomic E-state index is 12.4. The van der Waals surface area contributed by atoms with Crippen LogP contribution in [0, 0.1) is 13.8 Å². The lowest BCUT2D eigenvalue weighted by molar-refractivity contribution is -0.120. The van der Waals surface area contributed by atoms with Crippen LogP contribution in [0.1, 0.15) is 22.3 Å². The number of nitrogens with one attached hydrogen (secondary N) is 2. The second-order valence-corrected chi connectivity index (χ2v) is 7.14. The Kier molecular flexibility index (Phi) is 6.22. The summed E-state index contributed by atoms with van der Waals surface area (Å²) in [4.78, 5) is 27.6. The Morgan fingerprint density at radius 2 is 1.79 bits per heavy atom. The highest BCUT2D eigenvalue weighted by molar-refractivity contribution is 5.83. The number of benzene rings is 2. The second kappa shape index (κ2) is 8.82. The lowest BCUT2D eigenvalue weighted by Gasteiger charge is -2.10. The van der Waals surface area contributed by atoms with E-state index in [1.54, 1.807) is 26.4 Å². The molecule has 29 heavy (non-hydrogen) atoms. The number of carbonyl (C=O) groups is 1. The van der Waals surface area contributed by atoms with Crippen LogP contribution in [0.3, 0.4) is 0 Å². The van der Waals surface area contributed by atoms with Gasteiger partial charge in [0.2, 0.25) is 5.91 Å². The molecule has 1 amide bonds. The van der Waals surface area contributed by atoms with Crippen LogP contribution < -0.4 is 20.3 Å². The van der Waals surface area contributed by atoms with E-state index in [1.807, 2.05) is 32.0 Å². The summed E-state index contributed by atoms with van der Waals surface area (Å²) in [5, 5.41) is 3.89. The Bertz CT molecular complexity index is 1100. The molecule has 1 heterocycles. The molecule has 152 valence electrons. The average molecular weight is 394 g/mol. The van der Waals surface area contributed by atoms with Crippen molar-refractivity contribution in [1.82, 2.24) is 10.3 Å². The van der Waals surface area contributed by atoms with Crippen molar-refractivity contribution in [3.05, 3.63) is 69.0 Å². The van der Waals surface area contributed by atoms with E-state index in [-0.39, 0.29) is 17.9 Å². The van der Waals surface area contributed by atoms with Crippen molar-refractivity contribution in [2.45, 2.75) is 26.7 Å². The van der Waals surface area contributed by atoms with Crippen LogP contribution in [0.25, 0.3) is 10.9 Å². The van der Waals surface area contributed by atoms with E-state index in [4.69, 9.17) is 9.47 Å². The number of rotatable bonds is 7. The molecule has 3 aromatic rings. The van der Waals surface area contributed by atoms with Crippen LogP contribution in [0.15, 0.2) is 41.2 Å². The van der Waals surface area contributed by atoms with E-state index in [2.05, 4.69) is 16.4 Å². The van der Waals surface area contributed by atoms with Crippen LogP contribution in [0.5, 0.6) is 11.5 Å². The fourth-order valence-corrected chi connectivity index (χ4v) is 3.49. The van der Waals surface area contributed by atoms with Gasteiger partial charge in [-0.05, 0) is 61.0 Å². The molecule has 0 unspecified atom stereocenters. The SMILES string of the molecule is COc1ccc(CC(=O)NCCc2cc3cc(C)cc(C)c3[nH]c2=O)cc1OC. The predicted molar refractivity (Wildman–Crippen MR) is 114 cm³/mol. The van der Waals surface area contributed by atoms with E-state index in [0.29, 0.717) is 30.0 Å². The number of methoxy groups -OCH3 is 2. The smallest absolute Gasteiger partial charge is 0.251 e. The molecular formula is C23H26N2O4. The summed E-state index contributed by atoms with van der Waals surface area (Å²) in [5.41, 5.74) is 4.44. The van der Waals surface area contributed by atoms with Crippen molar-refractivity contribution < 1.29 is 14.3 Å². The number of ether oxygens (including phenoxy) is 2. The van der Waals surface area contributed by atoms with Crippen molar-refractivity contribution in [2.24, 2.45) is 0 Å². The zero-order chi connectivity index (χ0) is 21.0. The fourth-order valence-electron chi connectivity index (χ4n) is 3.49. The monoisotopic (exact) mass is 394 g/mol. The number of hydrogen-bond donors (Lipinski definition) is 2. The molecule has 0 saturated carbocycles. The van der Waals surface area contributed by atoms with Crippen molar-refractivity contribution in [3.8, 4) is 11.5 Å². The molecule has 6 nitrogen and oxygen atoms in total. The van der Waals surface area contributed by atoms with E-state index in [9.17, 15) is 9.59 Å². The van der Waals surface area contributed by atoms with Gasteiger partial charge in [-0.15, -0.1) is 0 Å². The van der Waals surface area contributed by atoms with Crippen LogP contribution in [-0.4, -0.2) is 31.7 Å². The Hall–Kier alpha value is -3.28. The summed E-state index contributed by atoms with van der Waals surface area (Å²) in [7, 11) is 3.13. The number of pyridine rings is 1. The molecule has 0 aliphatic heterocycles. The predicted octanol–water partition coefficient (Wildman–Crippen LogP) is 3.06. The minimum atomic E-state index is -0.112. The summed E-state index contributed by atoms with van der Waals surface area (Å²) < 4.78 is 10.5. The first-order valence-corrected chi connectivity index (χ1v) is 9.52. The van der Waals surface area contributed by atoms with Gasteiger partial charge in [0.1, 0.15) is 0 Å². The molecule has 0 radical (unpaired) electrons. The van der Waals surface area contributed by atoms with E-state index >= 15 is 0 Å². The van der Waals surface area contributed by atoms with Gasteiger partial charge in [0.25, 0.3) is 5.56 Å². The maximum Gasteiger partial charge on any atom is 0.251 e. The number of aromatic amines is 1. The quantitative estimate of drug-likeness (QED) is 0.645. The molecule has 0 bridgehead atoms. The topological polar surface area (TPSA) is 80.4 Å². The van der Waals surface area contributed by atoms with Crippen LogP contribution >= 0.6 is 0 Å². The van der Waals surface area contributed by atoms with E-state index < -0.39 is 0 Å². The minimum absolute atomic E-state index is 0.110. The number of aromatic nitrogens is 1. The van der Waals surface area contributed by atoms with Gasteiger partial charge in [0.15, 0.2) is 11.5 Å². The summed E-state index contributed by atoms with van der Waals surface area (Å²) in [6.45, 7) is 4.41. The van der Waals surface area contributed by atoms with Crippen molar-refractivity contribution in [1.29, 1.82) is 0 Å². The summed E-state index contributed by atoms with van der Waals surface area (Å²) in [6, 6.07) is 11.4. The first kappa shape index (κ1) is 20.5. The summed E-state index contributed by atoms with van der Waals surface area (Å²) in [5.74, 6) is 1.10. The molecule has 2 aromatic carbocycles. The molecule has 0 saturated heterocycles. The zero-order valence-electron chi connectivity index (χ0n) is 17.2. The summed E-state index contributed by atoms with van der Waals surface area (Å²) in [6.07, 6.45) is 0.697. The average Bonchev–Trinajstić information content (AvgIpc) is 2.69. The van der Waals surface area contributed by atoms with Gasteiger partial charge in [0.05, 0.1) is 26.2 Å². The molecule has 0 aliphatic rings. The minimum Gasteiger partial charge on any atom is -0.493 e. The highest BCUT2D eigenvalue weighted by Crippen LogP contribution is 2.27. The third kappa shape index (κ3) is 4.77. The van der Waals surface area contributed by atoms with Gasteiger partial charge in [-0.3, -0.25) is 9.59 Å². The van der Waals surface area contributed by atoms with Crippen molar-refractivity contribution in [3.63, 3.8) is 0 Å². The Balaban J connectivity index is 1.63. The summed E-state index contributed by atoms with van der Waals surface area (Å²) >= 11 is 0. The van der Waals surface area contributed by atoms with Crippen molar-refractivity contribution >= 4 is 16.8 Å². The molecule has 0 spiro atoms. The number of H-pyrrole nitrogens is 1. The van der Waals surface area contributed by atoms with E-state index in [1.165, 1.54) is 0 Å². The van der Waals surface area contributed by atoms with E-state index in [0.717, 1.165) is 27.6 Å². The normalized spacial score (nSPS) is 10.8. The van der Waals surface area contributed by atoms with Gasteiger partial charge in [-0.1, -0.05) is 17.7 Å². The maximum absolute atomic E-state index is 12.4. The van der Waals surface area contributed by atoms with Crippen LogP contribution in [-0.2, 0) is 17.6 Å². The van der Waals surface area contributed by atoms with Crippen LogP contribution in [0.2, 0.25) is 0 Å². The first-order chi connectivity index (χ1) is 13.9. The molecule has 2 N–H and O–H groups in total. The molecule has 0 aliphatic carbocycles. The number of aryl methyl sites for hydroxylation is 2. The Morgan fingerprint density at radius 1 is 1.03 bits per heavy atom. The zero-order valence-corrected chi connectivity index (χ0v) is 17.2. The number of amides is 1. The number of carbonyl (C=O) groups excluding carboxylic acids is 1. The third-order valence-electron chi connectivity index (χ3n) is 4.90. The second-order valence-electron chi connectivity index (χ2n) is 7.14. The van der Waals surface area contributed by atoms with Gasteiger partial charge in [-0.25, -0.2) is 0 Å². The van der Waals surface area contributed by atoms with Crippen LogP contribution in [0.4, 0.5) is 0 Å². The molecule has 0 fully saturated rings. The Morgan fingerprint density at radius 3 is 2.52 bits per heavy atom. The van der Waals surface area contributed by atoms with Gasteiger partial charge >= 0.3 is 0 Å². The lowest BCUT2D eigenvalue weighted by atomic mass is 10.0. The standard InChI is InChI=1S/C23H26N2O4/c1-14-9-15(2)22-18(10-14)13-17(23(27)25-22)7-8-24-21(26)12-16-5-6-19(28-3)20(11-16)29-4/h5-6,9-11,13H,7-8,12H2,1-4H3,(H,24,26)(H,25,27). The van der Waals surface area contributed by atoms with Gasteiger partial charge in [-0.2, -0.15) is 0 Å². The molecule has 1 aromatic heterocycles. The third-order valence-corrected chi connectivity index (χ3v) is 4.90. The molecular weight excluding hydrogens is 368 g/mol. The Labute approximate surface area is 169 Å². The van der Waals surface area contributed by atoms with Gasteiger partial charge < -0.3 is 19.8 Å². The molecule has 6 heteroatoms. The largest absolute Gasteiger partial charge is 0.493 e. The van der Waals surface area contributed by atoms with Crippen molar-refractivity contribution in [2.75, 3.05) is 20.8 Å². The molecule has 3 rings (SSSR count). The first-order valence-electron chi connectivity index (χ1n) is 9.52. The fraction of sp³-hybridized carbons (Fsp3) is 0.304.